The van der Waals surface area contributed by atoms with Crippen LogP contribution in [-0.2, 0) is 6.54 Å². The van der Waals surface area contributed by atoms with Crippen molar-refractivity contribution in [3.63, 3.8) is 0 Å². The lowest BCUT2D eigenvalue weighted by atomic mass is 9.77. The molecule has 1 aliphatic heterocycles. The van der Waals surface area contributed by atoms with E-state index in [1.165, 1.54) is 5.56 Å². The second kappa shape index (κ2) is 6.06. The molecule has 0 bridgehead atoms. The van der Waals surface area contributed by atoms with Crippen LogP contribution in [0.5, 0.6) is 0 Å². The SMILES string of the molecule is Cc1cnn([C@H]2C[C@H]3CN(Cc4ccncc4)C[C@H]3C[C@@H]2O)c1. The molecule has 2 aromatic heterocycles. The summed E-state index contributed by atoms with van der Waals surface area (Å²) >= 11 is 0. The number of nitrogens with zero attached hydrogens (tertiary/aromatic N) is 4. The van der Waals surface area contributed by atoms with Crippen LogP contribution < -0.4 is 0 Å². The Morgan fingerprint density at radius 3 is 2.61 bits per heavy atom. The van der Waals surface area contributed by atoms with Gasteiger partial charge in [-0.1, -0.05) is 0 Å². The third-order valence-corrected chi connectivity index (χ3v) is 5.41. The molecule has 2 fully saturated rings. The van der Waals surface area contributed by atoms with Gasteiger partial charge in [-0.2, -0.15) is 5.10 Å². The zero-order chi connectivity index (χ0) is 15.8. The first-order valence-corrected chi connectivity index (χ1v) is 8.49. The summed E-state index contributed by atoms with van der Waals surface area (Å²) in [7, 11) is 0. The first-order valence-electron chi connectivity index (χ1n) is 8.49. The standard InChI is InChI=1S/C18H24N4O/c1-13-8-20-22(9-13)17-6-15-11-21(12-16(15)7-18(17)23)10-14-2-4-19-5-3-14/h2-5,8-9,15-18,23H,6-7,10-12H2,1H3/t15-,16+,17-,18-/m0/s1. The molecule has 23 heavy (non-hydrogen) atoms. The van der Waals surface area contributed by atoms with Gasteiger partial charge < -0.3 is 5.11 Å². The molecule has 5 heteroatoms. The Bertz CT molecular complexity index is 656. The molecule has 2 aliphatic rings. The third kappa shape index (κ3) is 3.03. The first-order chi connectivity index (χ1) is 11.2. The quantitative estimate of drug-likeness (QED) is 0.942. The number of rotatable bonds is 3. The van der Waals surface area contributed by atoms with E-state index in [0.29, 0.717) is 11.8 Å². The number of aliphatic hydroxyl groups excluding tert-OH is 1. The van der Waals surface area contributed by atoms with Crippen molar-refractivity contribution < 1.29 is 5.11 Å². The van der Waals surface area contributed by atoms with E-state index >= 15 is 0 Å². The van der Waals surface area contributed by atoms with E-state index in [0.717, 1.165) is 38.0 Å². The maximum atomic E-state index is 10.6. The fraction of sp³-hybridized carbons (Fsp3) is 0.556. The normalized spacial score (nSPS) is 31.2. The Morgan fingerprint density at radius 2 is 1.91 bits per heavy atom. The molecular weight excluding hydrogens is 288 g/mol. The number of hydrogen-bond donors (Lipinski definition) is 1. The van der Waals surface area contributed by atoms with Gasteiger partial charge in [-0.25, -0.2) is 0 Å². The molecule has 2 aromatic rings. The molecule has 1 N–H and O–H groups in total. The largest absolute Gasteiger partial charge is 0.391 e. The molecule has 0 radical (unpaired) electrons. The Labute approximate surface area is 137 Å². The van der Waals surface area contributed by atoms with E-state index in [4.69, 9.17) is 0 Å². The van der Waals surface area contributed by atoms with E-state index in [1.807, 2.05) is 30.2 Å². The Hall–Kier alpha value is -1.72. The summed E-state index contributed by atoms with van der Waals surface area (Å²) in [4.78, 5) is 6.61. The minimum Gasteiger partial charge on any atom is -0.391 e. The number of likely N-dealkylation sites (tertiary alicyclic amines) is 1. The minimum absolute atomic E-state index is 0.130. The van der Waals surface area contributed by atoms with Crippen LogP contribution in [0.15, 0.2) is 36.9 Å². The van der Waals surface area contributed by atoms with Crippen molar-refractivity contribution in [2.24, 2.45) is 11.8 Å². The van der Waals surface area contributed by atoms with Crippen molar-refractivity contribution in [1.82, 2.24) is 19.7 Å². The zero-order valence-corrected chi connectivity index (χ0v) is 13.5. The van der Waals surface area contributed by atoms with Crippen molar-refractivity contribution >= 4 is 0 Å². The van der Waals surface area contributed by atoms with Crippen molar-refractivity contribution in [3.05, 3.63) is 48.0 Å². The second-order valence-corrected chi connectivity index (χ2v) is 7.17. The van der Waals surface area contributed by atoms with E-state index in [1.54, 1.807) is 0 Å². The molecule has 0 aromatic carbocycles. The monoisotopic (exact) mass is 312 g/mol. The van der Waals surface area contributed by atoms with Crippen molar-refractivity contribution in [2.75, 3.05) is 13.1 Å². The van der Waals surface area contributed by atoms with Crippen molar-refractivity contribution in [3.8, 4) is 0 Å². The summed E-state index contributed by atoms with van der Waals surface area (Å²) in [6.45, 7) is 5.25. The van der Waals surface area contributed by atoms with Gasteiger partial charge in [-0.05, 0) is 54.9 Å². The van der Waals surface area contributed by atoms with Gasteiger partial charge in [-0.15, -0.1) is 0 Å². The molecule has 1 saturated heterocycles. The molecule has 4 atom stereocenters. The van der Waals surface area contributed by atoms with Crippen LogP contribution in [0.1, 0.15) is 30.0 Å². The number of hydrogen-bond acceptors (Lipinski definition) is 4. The smallest absolute Gasteiger partial charge is 0.0781 e. The highest BCUT2D eigenvalue weighted by molar-refractivity contribution is 5.10. The maximum Gasteiger partial charge on any atom is 0.0781 e. The number of pyridine rings is 1. The van der Waals surface area contributed by atoms with Crippen LogP contribution in [0.25, 0.3) is 0 Å². The number of aryl methyl sites for hydroxylation is 1. The molecule has 122 valence electrons. The predicted molar refractivity (Wildman–Crippen MR) is 87.7 cm³/mol. The molecule has 0 unspecified atom stereocenters. The van der Waals surface area contributed by atoms with E-state index in [-0.39, 0.29) is 12.1 Å². The Balaban J connectivity index is 1.43. The van der Waals surface area contributed by atoms with Crippen LogP contribution in [0, 0.1) is 18.8 Å². The van der Waals surface area contributed by atoms with Gasteiger partial charge in [0.25, 0.3) is 0 Å². The second-order valence-electron chi connectivity index (χ2n) is 7.17. The molecule has 4 rings (SSSR count). The lowest BCUT2D eigenvalue weighted by Gasteiger charge is -2.35. The Morgan fingerprint density at radius 1 is 1.17 bits per heavy atom. The average molecular weight is 312 g/mol. The highest BCUT2D eigenvalue weighted by Gasteiger charge is 2.42. The molecule has 0 amide bonds. The summed E-state index contributed by atoms with van der Waals surface area (Å²) in [5.41, 5.74) is 2.48. The number of aromatic nitrogens is 3. The molecule has 0 spiro atoms. The number of aliphatic hydroxyl groups is 1. The van der Waals surface area contributed by atoms with Gasteiger partial charge in [0.05, 0.1) is 18.3 Å². The lowest BCUT2D eigenvalue weighted by molar-refractivity contribution is 0.0306. The topological polar surface area (TPSA) is 54.2 Å². The molecular formula is C18H24N4O. The van der Waals surface area contributed by atoms with Crippen LogP contribution in [0.3, 0.4) is 0 Å². The van der Waals surface area contributed by atoms with Gasteiger partial charge in [0, 0.05) is 38.2 Å². The molecule has 3 heterocycles. The van der Waals surface area contributed by atoms with Gasteiger partial charge in [0.1, 0.15) is 0 Å². The van der Waals surface area contributed by atoms with Crippen molar-refractivity contribution in [2.45, 2.75) is 38.5 Å². The number of fused-ring (bicyclic) bond motifs is 1. The summed E-state index contributed by atoms with van der Waals surface area (Å²) in [6, 6.07) is 4.31. The predicted octanol–water partition coefficient (Wildman–Crippen LogP) is 2.03. The van der Waals surface area contributed by atoms with Gasteiger partial charge in [0.15, 0.2) is 0 Å². The first kappa shape index (κ1) is 14.8. The highest BCUT2D eigenvalue weighted by atomic mass is 16.3. The third-order valence-electron chi connectivity index (χ3n) is 5.41. The van der Waals surface area contributed by atoms with Crippen LogP contribution >= 0.6 is 0 Å². The van der Waals surface area contributed by atoms with Gasteiger partial charge in [-0.3, -0.25) is 14.6 Å². The molecule has 1 saturated carbocycles. The van der Waals surface area contributed by atoms with Crippen LogP contribution in [0.4, 0.5) is 0 Å². The highest BCUT2D eigenvalue weighted by Crippen LogP contribution is 2.41. The average Bonchev–Trinajstić information content (AvgIpc) is 3.13. The Kier molecular flexibility index (Phi) is 3.91. The van der Waals surface area contributed by atoms with E-state index in [9.17, 15) is 5.11 Å². The van der Waals surface area contributed by atoms with Crippen molar-refractivity contribution in [1.29, 1.82) is 0 Å². The minimum atomic E-state index is -0.281. The van der Waals surface area contributed by atoms with Gasteiger partial charge in [0.2, 0.25) is 0 Å². The molecule has 1 aliphatic carbocycles. The zero-order valence-electron chi connectivity index (χ0n) is 13.5. The van der Waals surface area contributed by atoms with E-state index in [2.05, 4.69) is 33.3 Å². The molecule has 5 nitrogen and oxygen atoms in total. The lowest BCUT2D eigenvalue weighted by Crippen LogP contribution is -2.36. The van der Waals surface area contributed by atoms with Crippen LogP contribution in [-0.4, -0.2) is 44.0 Å². The van der Waals surface area contributed by atoms with Gasteiger partial charge >= 0.3 is 0 Å². The maximum absolute atomic E-state index is 10.6. The summed E-state index contributed by atoms with van der Waals surface area (Å²) < 4.78 is 1.97. The summed E-state index contributed by atoms with van der Waals surface area (Å²) in [5, 5.41) is 15.0. The fourth-order valence-corrected chi connectivity index (χ4v) is 4.28. The van der Waals surface area contributed by atoms with Crippen LogP contribution in [0.2, 0.25) is 0 Å². The fourth-order valence-electron chi connectivity index (χ4n) is 4.28. The summed E-state index contributed by atoms with van der Waals surface area (Å²) in [6.07, 6.45) is 9.29. The van der Waals surface area contributed by atoms with E-state index < -0.39 is 0 Å². The summed E-state index contributed by atoms with van der Waals surface area (Å²) in [5.74, 6) is 1.27.